The van der Waals surface area contributed by atoms with E-state index >= 15 is 0 Å². The van der Waals surface area contributed by atoms with Crippen LogP contribution in [0.15, 0.2) is 11.6 Å². The Labute approximate surface area is 65.7 Å². The monoisotopic (exact) mass is 156 g/mol. The highest BCUT2D eigenvalue weighted by Crippen LogP contribution is 2.23. The Hall–Kier alpha value is -0.830. The highest BCUT2D eigenvalue weighted by molar-refractivity contribution is 5.92. The molecule has 0 aromatic heterocycles. The quantitative estimate of drug-likeness (QED) is 0.566. The summed E-state index contributed by atoms with van der Waals surface area (Å²) < 4.78 is 4.81. The molecule has 1 N–H and O–H groups in total. The zero-order valence-electron chi connectivity index (χ0n) is 6.92. The summed E-state index contributed by atoms with van der Waals surface area (Å²) in [7, 11) is 0. The van der Waals surface area contributed by atoms with Gasteiger partial charge in [-0.25, -0.2) is 4.79 Å². The second kappa shape index (κ2) is 2.34. The Morgan fingerprint density at radius 3 is 2.36 bits per heavy atom. The molecule has 1 unspecified atom stereocenters. The lowest BCUT2D eigenvalue weighted by Gasteiger charge is -2.15. The summed E-state index contributed by atoms with van der Waals surface area (Å²) in [5, 5.41) is 9.44. The Kier molecular flexibility index (Phi) is 1.76. The third-order valence-electron chi connectivity index (χ3n) is 1.57. The molecule has 0 aromatic rings. The Bertz CT molecular complexity index is 210. The normalized spacial score (nSPS) is 24.9. The van der Waals surface area contributed by atoms with Gasteiger partial charge in [0.05, 0.1) is 11.2 Å². The van der Waals surface area contributed by atoms with Gasteiger partial charge >= 0.3 is 5.97 Å². The van der Waals surface area contributed by atoms with Crippen LogP contribution in [0.25, 0.3) is 0 Å². The number of esters is 1. The van der Waals surface area contributed by atoms with Crippen LogP contribution in [0, 0.1) is 0 Å². The summed E-state index contributed by atoms with van der Waals surface area (Å²) in [6.45, 7) is 4.90. The van der Waals surface area contributed by atoms with Crippen molar-refractivity contribution >= 4 is 5.97 Å². The highest BCUT2D eigenvalue weighted by Gasteiger charge is 2.32. The molecule has 0 aromatic carbocycles. The molecule has 1 rings (SSSR count). The van der Waals surface area contributed by atoms with Crippen LogP contribution in [-0.4, -0.2) is 22.8 Å². The average Bonchev–Trinajstić information content (AvgIpc) is 2.08. The third-order valence-corrected chi connectivity index (χ3v) is 1.57. The molecule has 1 atom stereocenters. The molecule has 0 aliphatic carbocycles. The number of carbonyl (C=O) groups is 1. The van der Waals surface area contributed by atoms with Crippen molar-refractivity contribution in [3.8, 4) is 0 Å². The number of cyclic esters (lactones) is 1. The van der Waals surface area contributed by atoms with E-state index < -0.39 is 11.6 Å². The van der Waals surface area contributed by atoms with Crippen molar-refractivity contribution in [2.75, 3.05) is 0 Å². The van der Waals surface area contributed by atoms with Crippen molar-refractivity contribution in [1.82, 2.24) is 0 Å². The summed E-state index contributed by atoms with van der Waals surface area (Å²) in [6, 6.07) is 0. The van der Waals surface area contributed by atoms with E-state index in [1.807, 2.05) is 0 Å². The second-order valence-corrected chi connectivity index (χ2v) is 3.25. The van der Waals surface area contributed by atoms with Gasteiger partial charge < -0.3 is 9.84 Å². The van der Waals surface area contributed by atoms with E-state index in [2.05, 4.69) is 0 Å². The number of rotatable bonds is 1. The second-order valence-electron chi connectivity index (χ2n) is 3.25. The first-order valence-corrected chi connectivity index (χ1v) is 3.57. The first-order valence-electron chi connectivity index (χ1n) is 3.57. The van der Waals surface area contributed by atoms with Crippen LogP contribution in [0.3, 0.4) is 0 Å². The number of aliphatic hydroxyl groups is 1. The molecule has 0 spiro atoms. The molecule has 0 saturated heterocycles. The molecule has 1 heterocycles. The van der Waals surface area contributed by atoms with Crippen molar-refractivity contribution in [3.63, 3.8) is 0 Å². The fraction of sp³-hybridized carbons (Fsp3) is 0.625. The van der Waals surface area contributed by atoms with Crippen LogP contribution in [-0.2, 0) is 9.53 Å². The van der Waals surface area contributed by atoms with Gasteiger partial charge in [0.15, 0.2) is 0 Å². The Morgan fingerprint density at radius 1 is 1.64 bits per heavy atom. The standard InChI is InChI=1S/C8H12O3/c1-5-4-6(7(9)11-5)8(2,3)10/h4-5,10H,1-3H3. The van der Waals surface area contributed by atoms with Gasteiger partial charge in [-0.15, -0.1) is 0 Å². The molecule has 0 saturated carbocycles. The molecule has 62 valence electrons. The van der Waals surface area contributed by atoms with E-state index in [4.69, 9.17) is 4.74 Å². The van der Waals surface area contributed by atoms with Crippen molar-refractivity contribution in [1.29, 1.82) is 0 Å². The van der Waals surface area contributed by atoms with Gasteiger partial charge in [0.2, 0.25) is 0 Å². The van der Waals surface area contributed by atoms with Gasteiger partial charge in [-0.1, -0.05) is 0 Å². The van der Waals surface area contributed by atoms with Gasteiger partial charge in [0.1, 0.15) is 6.10 Å². The molecule has 3 heteroatoms. The highest BCUT2D eigenvalue weighted by atomic mass is 16.5. The van der Waals surface area contributed by atoms with Crippen LogP contribution < -0.4 is 0 Å². The van der Waals surface area contributed by atoms with Gasteiger partial charge in [0, 0.05) is 0 Å². The lowest BCUT2D eigenvalue weighted by molar-refractivity contribution is -0.140. The van der Waals surface area contributed by atoms with Crippen LogP contribution >= 0.6 is 0 Å². The summed E-state index contributed by atoms with van der Waals surface area (Å²) >= 11 is 0. The minimum absolute atomic E-state index is 0.205. The van der Waals surface area contributed by atoms with E-state index in [0.29, 0.717) is 5.57 Å². The van der Waals surface area contributed by atoms with E-state index in [1.54, 1.807) is 26.8 Å². The fourth-order valence-electron chi connectivity index (χ4n) is 1.02. The first-order chi connectivity index (χ1) is 4.91. The van der Waals surface area contributed by atoms with E-state index in [-0.39, 0.29) is 6.10 Å². The molecule has 3 nitrogen and oxygen atoms in total. The van der Waals surface area contributed by atoms with E-state index in [0.717, 1.165) is 0 Å². The zero-order valence-corrected chi connectivity index (χ0v) is 6.92. The van der Waals surface area contributed by atoms with Gasteiger partial charge in [-0.3, -0.25) is 0 Å². The molecule has 11 heavy (non-hydrogen) atoms. The molecular formula is C8H12O3. The molecule has 1 aliphatic rings. The molecule has 0 radical (unpaired) electrons. The predicted octanol–water partition coefficient (Wildman–Crippen LogP) is 0.629. The molecule has 0 amide bonds. The number of carbonyl (C=O) groups excluding carboxylic acids is 1. The van der Waals surface area contributed by atoms with Crippen LogP contribution in [0.4, 0.5) is 0 Å². The minimum Gasteiger partial charge on any atom is -0.455 e. The van der Waals surface area contributed by atoms with Crippen molar-refractivity contribution in [3.05, 3.63) is 11.6 Å². The lowest BCUT2D eigenvalue weighted by atomic mass is 9.98. The summed E-state index contributed by atoms with van der Waals surface area (Å²) in [4.78, 5) is 11.0. The predicted molar refractivity (Wildman–Crippen MR) is 39.9 cm³/mol. The summed E-state index contributed by atoms with van der Waals surface area (Å²) in [6.07, 6.45) is 1.44. The van der Waals surface area contributed by atoms with Crippen LogP contribution in [0.1, 0.15) is 20.8 Å². The average molecular weight is 156 g/mol. The first kappa shape index (κ1) is 8.27. The maximum atomic E-state index is 11.0. The zero-order chi connectivity index (χ0) is 8.65. The Morgan fingerprint density at radius 2 is 2.18 bits per heavy atom. The van der Waals surface area contributed by atoms with Crippen LogP contribution in [0.2, 0.25) is 0 Å². The largest absolute Gasteiger partial charge is 0.455 e. The SMILES string of the molecule is CC1C=C(C(C)(C)O)C(=O)O1. The maximum Gasteiger partial charge on any atom is 0.337 e. The number of hydrogen-bond donors (Lipinski definition) is 1. The fourth-order valence-corrected chi connectivity index (χ4v) is 1.02. The smallest absolute Gasteiger partial charge is 0.337 e. The molecular weight excluding hydrogens is 144 g/mol. The topological polar surface area (TPSA) is 46.5 Å². The molecule has 1 aliphatic heterocycles. The van der Waals surface area contributed by atoms with E-state index in [1.165, 1.54) is 0 Å². The van der Waals surface area contributed by atoms with Crippen molar-refractivity contribution in [2.24, 2.45) is 0 Å². The van der Waals surface area contributed by atoms with Crippen molar-refractivity contribution in [2.45, 2.75) is 32.5 Å². The summed E-state index contributed by atoms with van der Waals surface area (Å²) in [5.41, 5.74) is -0.730. The third kappa shape index (κ3) is 1.60. The van der Waals surface area contributed by atoms with E-state index in [9.17, 15) is 9.90 Å². The summed E-state index contributed by atoms with van der Waals surface area (Å²) in [5.74, 6) is -0.412. The van der Waals surface area contributed by atoms with Gasteiger partial charge in [-0.05, 0) is 26.8 Å². The lowest BCUT2D eigenvalue weighted by Crippen LogP contribution is -2.25. The van der Waals surface area contributed by atoms with Gasteiger partial charge in [0.25, 0.3) is 0 Å². The Balaban J connectivity index is 2.88. The maximum absolute atomic E-state index is 11.0. The minimum atomic E-state index is -1.08. The van der Waals surface area contributed by atoms with Crippen molar-refractivity contribution < 1.29 is 14.6 Å². The molecule has 0 fully saturated rings. The van der Waals surface area contributed by atoms with Crippen LogP contribution in [0.5, 0.6) is 0 Å². The number of hydrogen-bond acceptors (Lipinski definition) is 3. The molecule has 0 bridgehead atoms. The number of ether oxygens (including phenoxy) is 1. The van der Waals surface area contributed by atoms with Gasteiger partial charge in [-0.2, -0.15) is 0 Å².